The first-order valence-corrected chi connectivity index (χ1v) is 30.0. The van der Waals surface area contributed by atoms with Crippen LogP contribution < -0.4 is 31.1 Å². The van der Waals surface area contributed by atoms with Crippen LogP contribution in [0.1, 0.15) is 204 Å². The Morgan fingerprint density at radius 1 is 0.436 bits per heavy atom. The predicted molar refractivity (Wildman–Crippen MR) is 335 cm³/mol. The molecule has 0 N–H and O–H groups in total. The van der Waals surface area contributed by atoms with Crippen molar-refractivity contribution in [1.29, 1.82) is 0 Å². The van der Waals surface area contributed by atoms with Gasteiger partial charge in [-0.25, -0.2) is 0 Å². The number of rotatable bonds is 3. The van der Waals surface area contributed by atoms with Crippen molar-refractivity contribution in [3.05, 3.63) is 171 Å². The molecule has 7 aromatic rings. The zero-order valence-electron chi connectivity index (χ0n) is 50.3. The van der Waals surface area contributed by atoms with Gasteiger partial charge in [-0.05, 0) is 218 Å². The van der Waals surface area contributed by atoms with E-state index in [1.54, 1.807) is 0 Å². The summed E-state index contributed by atoms with van der Waals surface area (Å²) in [5, 5.41) is 0. The predicted octanol–water partition coefficient (Wildman–Crippen LogP) is 18.0. The summed E-state index contributed by atoms with van der Waals surface area (Å²) in [5.74, 6) is 0. The van der Waals surface area contributed by atoms with Gasteiger partial charge in [-0.1, -0.05) is 170 Å². The molecule has 2 atom stereocenters. The number of nitrogens with zero attached hydrogens (tertiary/aromatic N) is 3. The minimum absolute atomic E-state index is 0.0186. The van der Waals surface area contributed by atoms with Crippen LogP contribution in [0, 0.1) is 13.8 Å². The Morgan fingerprint density at radius 2 is 1.04 bits per heavy atom. The van der Waals surface area contributed by atoms with Crippen molar-refractivity contribution in [2.24, 2.45) is 0 Å². The molecule has 4 aliphatic carbocycles. The van der Waals surface area contributed by atoms with Crippen molar-refractivity contribution in [2.45, 2.75) is 206 Å². The lowest BCUT2D eigenvalue weighted by atomic mass is 9.33. The van der Waals surface area contributed by atoms with Crippen LogP contribution >= 0.6 is 0 Å². The molecule has 0 saturated heterocycles. The summed E-state index contributed by atoms with van der Waals surface area (Å²) in [7, 11) is 0. The molecule has 7 aliphatic rings. The Morgan fingerprint density at radius 3 is 1.76 bits per heavy atom. The summed E-state index contributed by atoms with van der Waals surface area (Å²) in [6.45, 7) is 41.9. The van der Waals surface area contributed by atoms with Gasteiger partial charge in [0.25, 0.3) is 6.71 Å². The summed E-state index contributed by atoms with van der Waals surface area (Å²) >= 11 is 0. The molecule has 14 rings (SSSR count). The lowest BCUT2D eigenvalue weighted by Gasteiger charge is -2.51. The van der Waals surface area contributed by atoms with Crippen LogP contribution in [0.15, 0.2) is 115 Å². The van der Waals surface area contributed by atoms with E-state index in [1.165, 1.54) is 167 Å². The van der Waals surface area contributed by atoms with Gasteiger partial charge in [-0.15, -0.1) is 0 Å². The first-order valence-electron chi connectivity index (χ1n) is 30.0. The lowest BCUT2D eigenvalue weighted by Crippen LogP contribution is -2.61. The number of fused-ring (bicyclic) bond motifs is 12. The van der Waals surface area contributed by atoms with Crippen molar-refractivity contribution in [3.8, 4) is 11.1 Å². The van der Waals surface area contributed by atoms with E-state index in [-0.39, 0.29) is 50.2 Å². The van der Waals surface area contributed by atoms with E-state index in [4.69, 9.17) is 0 Å². The second kappa shape index (κ2) is 15.7. The fraction of sp³-hybridized carbons (Fsp3) is 0.432. The maximum Gasteiger partial charge on any atom is 0.252 e. The zero-order chi connectivity index (χ0) is 55.0. The third-order valence-electron chi connectivity index (χ3n) is 22.1. The van der Waals surface area contributed by atoms with Crippen LogP contribution in [0.2, 0.25) is 0 Å². The molecule has 1 fully saturated rings. The molecule has 398 valence electrons. The van der Waals surface area contributed by atoms with E-state index in [0.717, 1.165) is 6.42 Å². The summed E-state index contributed by atoms with van der Waals surface area (Å²) in [6, 6.07) is 47.6. The lowest BCUT2D eigenvalue weighted by molar-refractivity contribution is 0.195. The van der Waals surface area contributed by atoms with Gasteiger partial charge in [-0.2, -0.15) is 0 Å². The quantitative estimate of drug-likeness (QED) is 0.163. The average Bonchev–Trinajstić information content (AvgIpc) is 3.15. The van der Waals surface area contributed by atoms with E-state index >= 15 is 0 Å². The summed E-state index contributed by atoms with van der Waals surface area (Å²) in [6.07, 6.45) is 8.37. The zero-order valence-corrected chi connectivity index (χ0v) is 50.3. The maximum absolute atomic E-state index is 2.83. The van der Waals surface area contributed by atoms with Gasteiger partial charge in [0, 0.05) is 56.3 Å². The van der Waals surface area contributed by atoms with E-state index in [0.29, 0.717) is 0 Å². The van der Waals surface area contributed by atoms with E-state index in [1.807, 2.05) is 0 Å². The molecular formula is C74H84BN3. The number of hydrogen-bond donors (Lipinski definition) is 0. The highest BCUT2D eigenvalue weighted by atomic mass is 15.3. The molecule has 0 radical (unpaired) electrons. The van der Waals surface area contributed by atoms with E-state index in [2.05, 4.69) is 248 Å². The Hall–Kier alpha value is -6.00. The van der Waals surface area contributed by atoms with Gasteiger partial charge in [0.2, 0.25) is 0 Å². The number of benzene rings is 7. The van der Waals surface area contributed by atoms with Crippen LogP contribution in [0.4, 0.5) is 45.5 Å². The first-order chi connectivity index (χ1) is 36.6. The van der Waals surface area contributed by atoms with Crippen LogP contribution in [-0.2, 0) is 37.9 Å². The first kappa shape index (κ1) is 50.2. The smallest absolute Gasteiger partial charge is 0.252 e. The minimum Gasteiger partial charge on any atom is -0.334 e. The Bertz CT molecular complexity index is 3780. The topological polar surface area (TPSA) is 9.72 Å². The Labute approximate surface area is 469 Å². The van der Waals surface area contributed by atoms with Gasteiger partial charge in [0.1, 0.15) is 0 Å². The van der Waals surface area contributed by atoms with Crippen LogP contribution in [0.5, 0.6) is 0 Å². The molecule has 1 saturated carbocycles. The van der Waals surface area contributed by atoms with Crippen molar-refractivity contribution >= 4 is 68.6 Å². The molecule has 3 heterocycles. The summed E-state index contributed by atoms with van der Waals surface area (Å²) in [4.78, 5) is 8.30. The fourth-order valence-corrected chi connectivity index (χ4v) is 17.7. The number of aryl methyl sites for hydroxylation is 2. The molecule has 3 nitrogen and oxygen atoms in total. The molecule has 7 aromatic carbocycles. The average molecular weight is 1030 g/mol. The molecule has 0 amide bonds. The van der Waals surface area contributed by atoms with Crippen molar-refractivity contribution in [3.63, 3.8) is 0 Å². The van der Waals surface area contributed by atoms with Gasteiger partial charge in [0.15, 0.2) is 0 Å². The van der Waals surface area contributed by atoms with Gasteiger partial charge < -0.3 is 14.7 Å². The highest BCUT2D eigenvalue weighted by molar-refractivity contribution is 7.00. The SMILES string of the molecule is Cc1cc2c3c(c1)N(c1cc4c(cc1C)C(C)(C)CCC4(C)C)c1cc(N4c5ccc(C(C)(C)C)cc5C5(C)CCCCC45C)ccc1B3c1cc3c(cc1N2c1ccc2c(c1)-c1ccccc1C2(C)C)C(C)(C)CC3(C)C. The molecule has 3 aliphatic heterocycles. The van der Waals surface area contributed by atoms with Gasteiger partial charge >= 0.3 is 0 Å². The van der Waals surface area contributed by atoms with Gasteiger partial charge in [-0.3, -0.25) is 0 Å². The minimum atomic E-state index is -0.0840. The number of anilines is 8. The third kappa shape index (κ3) is 6.58. The normalized spacial score (nSPS) is 23.6. The standard InChI is InChI=1S/C74H84BN3/c1-44-34-64-66-65(35-44)77(61-41-55-53(36-45(61)2)68(6,7)32-33-69(55,8)9)62-39-48(78-60-29-24-46(67(3,4)5)37-57(60)73(16)30-20-21-31-74(73,78)17)26-28-58(62)75(66)59-40-54-56(71(12,13)43-70(54,10)11)42-63(59)76(64)47-25-27-52-50(38-47)49-22-18-19-23-51(49)72(52,14)15/h18-19,22-29,34-42H,20-21,30-33,43H2,1-17H3. The van der Waals surface area contributed by atoms with Crippen molar-refractivity contribution in [1.82, 2.24) is 0 Å². The van der Waals surface area contributed by atoms with Crippen molar-refractivity contribution in [2.75, 3.05) is 14.7 Å². The number of hydrogen-bond acceptors (Lipinski definition) is 3. The summed E-state index contributed by atoms with van der Waals surface area (Å²) < 4.78 is 0. The highest BCUT2D eigenvalue weighted by Gasteiger charge is 2.58. The Balaban J connectivity index is 1.07. The van der Waals surface area contributed by atoms with Gasteiger partial charge in [0.05, 0.1) is 5.54 Å². The monoisotopic (exact) mass is 1030 g/mol. The van der Waals surface area contributed by atoms with Crippen molar-refractivity contribution < 1.29 is 0 Å². The molecule has 0 spiro atoms. The van der Waals surface area contributed by atoms with Crippen LogP contribution in [0.3, 0.4) is 0 Å². The van der Waals surface area contributed by atoms with Crippen LogP contribution in [0.25, 0.3) is 11.1 Å². The molecule has 78 heavy (non-hydrogen) atoms. The molecule has 0 aromatic heterocycles. The van der Waals surface area contributed by atoms with E-state index < -0.39 is 0 Å². The maximum atomic E-state index is 2.83. The molecule has 0 bridgehead atoms. The molecule has 4 heteroatoms. The fourth-order valence-electron chi connectivity index (χ4n) is 17.7. The second-order valence-corrected chi connectivity index (χ2v) is 30.4. The molecule has 2 unspecified atom stereocenters. The largest absolute Gasteiger partial charge is 0.334 e. The van der Waals surface area contributed by atoms with E-state index in [9.17, 15) is 0 Å². The third-order valence-corrected chi connectivity index (χ3v) is 22.1. The Kier molecular flexibility index (Phi) is 10.1. The molecular weight excluding hydrogens is 942 g/mol. The second-order valence-electron chi connectivity index (χ2n) is 30.4. The van der Waals surface area contributed by atoms with Crippen LogP contribution in [-0.4, -0.2) is 12.3 Å². The summed E-state index contributed by atoms with van der Waals surface area (Å²) in [5.41, 5.74) is 32.0. The highest BCUT2D eigenvalue weighted by Crippen LogP contribution is 2.63.